The highest BCUT2D eigenvalue weighted by Crippen LogP contribution is 2.30. The third-order valence-electron chi connectivity index (χ3n) is 8.29. The smallest absolute Gasteiger partial charge is 0.259 e. The molecule has 3 aliphatic rings. The fraction of sp³-hybridized carbons (Fsp3) is 0.614. The number of hydrogen-bond acceptors (Lipinski definition) is 4. The number of fused-ring (bicyclic) bond motifs is 2. The van der Waals surface area contributed by atoms with Gasteiger partial charge in [0.05, 0.1) is 4.91 Å². The number of para-hydroxylation sites is 1. The molecule has 3 aliphatic heterocycles. The lowest BCUT2D eigenvalue weighted by Crippen LogP contribution is -2.38. The van der Waals surface area contributed by atoms with Crippen molar-refractivity contribution in [3.05, 3.63) is 76.3 Å². The van der Waals surface area contributed by atoms with Crippen LogP contribution >= 0.6 is 20.3 Å². The Bertz CT molecular complexity index is 1330. The van der Waals surface area contributed by atoms with Crippen LogP contribution in [-0.4, -0.2) is 87.1 Å². The van der Waals surface area contributed by atoms with Crippen molar-refractivity contribution < 1.29 is 4.79 Å². The maximum absolute atomic E-state index is 12.1. The van der Waals surface area contributed by atoms with Crippen LogP contribution in [0.2, 0.25) is 0 Å². The van der Waals surface area contributed by atoms with Gasteiger partial charge in [0.15, 0.2) is 0 Å². The van der Waals surface area contributed by atoms with E-state index in [1.165, 1.54) is 78.4 Å². The van der Waals surface area contributed by atoms with E-state index in [2.05, 4.69) is 96.7 Å². The van der Waals surface area contributed by atoms with Crippen molar-refractivity contribution in [2.24, 2.45) is 5.92 Å². The molecule has 2 aromatic carbocycles. The summed E-state index contributed by atoms with van der Waals surface area (Å²) in [5.74, 6) is 2.24. The number of carbonyl (C=O) groups excluding carboxylic acids is 1. The van der Waals surface area contributed by atoms with Gasteiger partial charge in [-0.15, -0.1) is 20.3 Å². The Hall–Kier alpha value is -2.27. The minimum Gasteiger partial charge on any atom is -0.371 e. The van der Waals surface area contributed by atoms with Crippen molar-refractivity contribution in [2.75, 3.05) is 71.3 Å². The second-order valence-corrected chi connectivity index (χ2v) is 15.0. The maximum Gasteiger partial charge on any atom is 0.259 e. The highest BCUT2D eigenvalue weighted by Gasteiger charge is 2.25. The first-order valence-electron chi connectivity index (χ1n) is 20.0. The molecule has 7 heteroatoms. The molecule has 0 saturated carbocycles. The van der Waals surface area contributed by atoms with Gasteiger partial charge in [0.2, 0.25) is 0 Å². The van der Waals surface area contributed by atoms with Crippen LogP contribution in [0.3, 0.4) is 0 Å². The number of rotatable bonds is 6. The van der Waals surface area contributed by atoms with Gasteiger partial charge in [-0.05, 0) is 109 Å². The number of aromatic amines is 1. The zero-order valence-electron chi connectivity index (χ0n) is 35.1. The number of amides is 1. The lowest BCUT2D eigenvalue weighted by atomic mass is 9.92. The second kappa shape index (κ2) is 30.2. The number of allylic oxidation sites excluding steroid dienone is 1. The van der Waals surface area contributed by atoms with Gasteiger partial charge in [-0.1, -0.05) is 103 Å². The number of piperidine rings is 1. The van der Waals surface area contributed by atoms with Crippen molar-refractivity contribution in [1.82, 2.24) is 14.8 Å². The SMILES string of the molecule is CC.CC.CC.CCCC1CCN(C(=O)C2=CCCS2)CC1.CN(C)C.CPC.Cc1ccc2c(c1)CCCN2CCc1c[nH]c2ccccc12. The van der Waals surface area contributed by atoms with Crippen molar-refractivity contribution in [2.45, 2.75) is 107 Å². The number of thioether (sulfide) groups is 1. The molecule has 1 saturated heterocycles. The number of benzene rings is 2. The van der Waals surface area contributed by atoms with Crippen LogP contribution in [0, 0.1) is 12.8 Å². The van der Waals surface area contributed by atoms with Gasteiger partial charge in [0.25, 0.3) is 5.91 Å². The predicted molar refractivity (Wildman–Crippen MR) is 237 cm³/mol. The Morgan fingerprint density at radius 3 is 2.18 bits per heavy atom. The zero-order chi connectivity index (χ0) is 38.6. The monoisotopic (exact) mass is 741 g/mol. The fourth-order valence-corrected chi connectivity index (χ4v) is 7.13. The molecule has 3 aromatic rings. The molecule has 1 fully saturated rings. The molecule has 1 aromatic heterocycles. The molecule has 1 N–H and O–H groups in total. The molecular weight excluding hydrogens is 664 g/mol. The Kier molecular flexibility index (Phi) is 28.9. The lowest BCUT2D eigenvalue weighted by molar-refractivity contribution is -0.127. The first-order chi connectivity index (χ1) is 24.8. The molecule has 0 aliphatic carbocycles. The molecule has 0 spiro atoms. The fourth-order valence-electron chi connectivity index (χ4n) is 6.19. The molecule has 6 rings (SSSR count). The summed E-state index contributed by atoms with van der Waals surface area (Å²) in [5.41, 5.74) is 7.00. The Balaban J connectivity index is 0.000000757. The zero-order valence-corrected chi connectivity index (χ0v) is 36.9. The van der Waals surface area contributed by atoms with Crippen molar-refractivity contribution in [3.8, 4) is 0 Å². The molecular formula is C44H77N4OPS. The van der Waals surface area contributed by atoms with Crippen molar-refractivity contribution in [3.63, 3.8) is 0 Å². The number of carbonyl (C=O) groups is 1. The van der Waals surface area contributed by atoms with E-state index in [1.807, 2.05) is 67.6 Å². The quantitative estimate of drug-likeness (QED) is 0.256. The molecule has 290 valence electrons. The number of nitrogens with one attached hydrogen (secondary N) is 1. The van der Waals surface area contributed by atoms with Crippen molar-refractivity contribution in [1.29, 1.82) is 0 Å². The van der Waals surface area contributed by atoms with Crippen LogP contribution < -0.4 is 4.90 Å². The highest BCUT2D eigenvalue weighted by molar-refractivity contribution is 8.04. The Morgan fingerprint density at radius 2 is 1.59 bits per heavy atom. The topological polar surface area (TPSA) is 42.6 Å². The van der Waals surface area contributed by atoms with E-state index >= 15 is 0 Å². The van der Waals surface area contributed by atoms with Crippen LogP contribution in [0.5, 0.6) is 0 Å². The van der Waals surface area contributed by atoms with Gasteiger partial charge in [-0.25, -0.2) is 0 Å². The molecule has 0 radical (unpaired) electrons. The molecule has 4 heterocycles. The number of anilines is 1. The van der Waals surface area contributed by atoms with Crippen molar-refractivity contribution >= 4 is 42.8 Å². The molecule has 5 nitrogen and oxygen atoms in total. The molecule has 0 unspecified atom stereocenters. The summed E-state index contributed by atoms with van der Waals surface area (Å²) in [6.07, 6.45) is 13.9. The summed E-state index contributed by atoms with van der Waals surface area (Å²) in [6, 6.07) is 15.5. The standard InChI is InChI=1S/C20H22N2.C13H21NOS.C3H9N.C2H7P.3C2H6/c1-15-8-9-20-16(13-15)5-4-11-22(20)12-10-17-14-21-19-7-3-2-6-18(17)19;1-2-4-11-6-8-14(9-7-11)13(15)12-5-3-10-16-12;1-4(2)3;1-3-2;3*1-2/h2-3,6-9,13-14,21H,4-5,10-12H2,1H3;5,11H,2-4,6-10H2,1H3;1-3H3;3H,1-2H3;3*1-2H3. The summed E-state index contributed by atoms with van der Waals surface area (Å²) in [6.45, 7) is 25.0. The summed E-state index contributed by atoms with van der Waals surface area (Å²) in [7, 11) is 7.08. The van der Waals surface area contributed by atoms with Gasteiger partial charge in [-0.3, -0.25) is 4.79 Å². The van der Waals surface area contributed by atoms with Gasteiger partial charge in [0, 0.05) is 54.7 Å². The molecule has 0 bridgehead atoms. The van der Waals surface area contributed by atoms with Crippen LogP contribution in [0.25, 0.3) is 10.9 Å². The van der Waals surface area contributed by atoms with Crippen LogP contribution in [0.1, 0.15) is 104 Å². The normalized spacial score (nSPS) is 14.6. The largest absolute Gasteiger partial charge is 0.371 e. The van der Waals surface area contributed by atoms with Gasteiger partial charge in [0.1, 0.15) is 0 Å². The third-order valence-corrected chi connectivity index (χ3v) is 9.38. The van der Waals surface area contributed by atoms with E-state index in [4.69, 9.17) is 0 Å². The molecule has 1 amide bonds. The summed E-state index contributed by atoms with van der Waals surface area (Å²) in [5, 5.41) is 1.36. The van der Waals surface area contributed by atoms with E-state index < -0.39 is 0 Å². The van der Waals surface area contributed by atoms with E-state index in [9.17, 15) is 4.79 Å². The van der Waals surface area contributed by atoms with Crippen LogP contribution in [0.15, 0.2) is 59.6 Å². The summed E-state index contributed by atoms with van der Waals surface area (Å²) < 4.78 is 0. The Labute approximate surface area is 321 Å². The number of likely N-dealkylation sites (tertiary alicyclic amines) is 1. The average Bonchev–Trinajstić information content (AvgIpc) is 3.85. The van der Waals surface area contributed by atoms with Gasteiger partial charge in [-0.2, -0.15) is 0 Å². The molecule has 51 heavy (non-hydrogen) atoms. The average molecular weight is 741 g/mol. The number of hydrogen-bond donors (Lipinski definition) is 1. The van der Waals surface area contributed by atoms with Gasteiger partial charge >= 0.3 is 0 Å². The number of aromatic nitrogens is 1. The van der Waals surface area contributed by atoms with E-state index in [1.54, 1.807) is 11.8 Å². The summed E-state index contributed by atoms with van der Waals surface area (Å²) in [4.78, 5) is 23.1. The van der Waals surface area contributed by atoms with Crippen LogP contribution in [-0.2, 0) is 17.6 Å². The minimum absolute atomic E-state index is 0.289. The number of aryl methyl sites for hydroxylation is 2. The van der Waals surface area contributed by atoms with E-state index in [0.29, 0.717) is 0 Å². The lowest BCUT2D eigenvalue weighted by Gasteiger charge is -2.32. The number of H-pyrrole nitrogens is 1. The minimum atomic E-state index is 0.289. The molecule has 0 atom stereocenters. The second-order valence-electron chi connectivity index (χ2n) is 12.9. The van der Waals surface area contributed by atoms with E-state index in [-0.39, 0.29) is 5.91 Å². The highest BCUT2D eigenvalue weighted by atomic mass is 32.2. The number of nitrogens with zero attached hydrogens (tertiary/aromatic N) is 3. The first kappa shape index (κ1) is 48.7. The Morgan fingerprint density at radius 1 is 0.961 bits per heavy atom. The predicted octanol–water partition coefficient (Wildman–Crippen LogP) is 11.7. The van der Waals surface area contributed by atoms with E-state index in [0.717, 1.165) is 57.6 Å². The maximum atomic E-state index is 12.1. The van der Waals surface area contributed by atoms with Gasteiger partial charge < -0.3 is 19.7 Å². The summed E-state index contributed by atoms with van der Waals surface area (Å²) >= 11 is 1.73. The van der Waals surface area contributed by atoms with Crippen LogP contribution in [0.4, 0.5) is 5.69 Å². The third kappa shape index (κ3) is 18.4. The first-order valence-corrected chi connectivity index (χ1v) is 23.0.